The van der Waals surface area contributed by atoms with Gasteiger partial charge in [0.15, 0.2) is 5.65 Å². The van der Waals surface area contributed by atoms with Crippen molar-refractivity contribution in [2.75, 3.05) is 25.1 Å². The lowest BCUT2D eigenvalue weighted by Crippen LogP contribution is -2.18. The second-order valence-corrected chi connectivity index (χ2v) is 7.25. The normalized spacial score (nSPS) is 17.7. The number of anilines is 1. The van der Waals surface area contributed by atoms with Gasteiger partial charge in [-0.15, -0.1) is 0 Å². The molecule has 1 fully saturated rings. The Labute approximate surface area is 159 Å². The molecule has 28 heavy (non-hydrogen) atoms. The van der Waals surface area contributed by atoms with Crippen LogP contribution in [0.25, 0.3) is 16.9 Å². The fourth-order valence-electron chi connectivity index (χ4n) is 4.05. The topological polar surface area (TPSA) is 52.0 Å². The van der Waals surface area contributed by atoms with Gasteiger partial charge in [-0.05, 0) is 55.2 Å². The molecular weight excluding hydrogens is 369 g/mol. The molecule has 5 nitrogen and oxygen atoms in total. The van der Waals surface area contributed by atoms with E-state index in [9.17, 15) is 13.2 Å². The molecule has 0 amide bonds. The molecule has 2 aliphatic heterocycles. The molecule has 146 valence electrons. The van der Waals surface area contributed by atoms with Crippen molar-refractivity contribution in [1.29, 1.82) is 0 Å². The summed E-state index contributed by atoms with van der Waals surface area (Å²) in [5.41, 5.74) is 2.87. The number of imidazole rings is 1. The lowest BCUT2D eigenvalue weighted by molar-refractivity contribution is -0.141. The number of ether oxygens (including phenoxy) is 1. The summed E-state index contributed by atoms with van der Waals surface area (Å²) in [5, 5.41) is 3.31. The molecule has 1 N–H and O–H groups in total. The monoisotopic (exact) mass is 388 g/mol. The van der Waals surface area contributed by atoms with Gasteiger partial charge in [0.05, 0.1) is 0 Å². The van der Waals surface area contributed by atoms with Crippen LogP contribution in [0.15, 0.2) is 30.3 Å². The quantitative estimate of drug-likeness (QED) is 0.711. The molecule has 4 heterocycles. The fourth-order valence-corrected chi connectivity index (χ4v) is 4.05. The number of halogens is 3. The highest BCUT2D eigenvalue weighted by Crippen LogP contribution is 2.35. The van der Waals surface area contributed by atoms with Crippen LogP contribution in [0.4, 0.5) is 18.9 Å². The molecular formula is C20H19F3N4O. The van der Waals surface area contributed by atoms with Gasteiger partial charge >= 0.3 is 6.18 Å². The molecule has 0 aliphatic carbocycles. The van der Waals surface area contributed by atoms with Gasteiger partial charge in [0, 0.05) is 37.1 Å². The molecule has 0 unspecified atom stereocenters. The Morgan fingerprint density at radius 2 is 1.89 bits per heavy atom. The van der Waals surface area contributed by atoms with Gasteiger partial charge < -0.3 is 10.1 Å². The van der Waals surface area contributed by atoms with Gasteiger partial charge in [-0.25, -0.2) is 9.97 Å². The maximum absolute atomic E-state index is 13.3. The molecule has 1 aromatic carbocycles. The molecule has 1 saturated heterocycles. The molecule has 0 radical (unpaired) electrons. The minimum absolute atomic E-state index is 0.128. The Hall–Kier alpha value is -2.61. The van der Waals surface area contributed by atoms with E-state index in [4.69, 9.17) is 9.72 Å². The van der Waals surface area contributed by atoms with Crippen LogP contribution < -0.4 is 5.32 Å². The van der Waals surface area contributed by atoms with E-state index in [1.807, 2.05) is 18.2 Å². The van der Waals surface area contributed by atoms with Gasteiger partial charge in [0.25, 0.3) is 0 Å². The summed E-state index contributed by atoms with van der Waals surface area (Å²) in [6.45, 7) is 2.12. The largest absolute Gasteiger partial charge is 0.433 e. The number of fused-ring (bicyclic) bond motifs is 2. The molecule has 0 atom stereocenters. The van der Waals surface area contributed by atoms with Crippen LogP contribution in [0, 0.1) is 0 Å². The smallest absolute Gasteiger partial charge is 0.384 e. The Bertz CT molecular complexity index is 1040. The highest BCUT2D eigenvalue weighted by Gasteiger charge is 2.34. The Balaban J connectivity index is 1.73. The first-order valence-electron chi connectivity index (χ1n) is 9.42. The molecule has 3 aromatic rings. The first-order valence-corrected chi connectivity index (χ1v) is 9.42. The van der Waals surface area contributed by atoms with Crippen molar-refractivity contribution in [3.8, 4) is 5.69 Å². The first-order chi connectivity index (χ1) is 13.5. The third-order valence-electron chi connectivity index (χ3n) is 5.46. The molecule has 5 rings (SSSR count). The fraction of sp³-hybridized carbons (Fsp3) is 0.400. The van der Waals surface area contributed by atoms with E-state index in [2.05, 4.69) is 10.3 Å². The predicted molar refractivity (Wildman–Crippen MR) is 98.9 cm³/mol. The Kier molecular flexibility index (Phi) is 4.04. The van der Waals surface area contributed by atoms with E-state index < -0.39 is 11.9 Å². The van der Waals surface area contributed by atoms with E-state index in [1.165, 1.54) is 6.07 Å². The molecule has 8 heteroatoms. The van der Waals surface area contributed by atoms with Gasteiger partial charge in [-0.1, -0.05) is 0 Å². The van der Waals surface area contributed by atoms with Gasteiger partial charge in [-0.2, -0.15) is 13.2 Å². The highest BCUT2D eigenvalue weighted by molar-refractivity contribution is 5.75. The van der Waals surface area contributed by atoms with Crippen LogP contribution in [0.2, 0.25) is 0 Å². The highest BCUT2D eigenvalue weighted by atomic mass is 19.4. The van der Waals surface area contributed by atoms with Crippen LogP contribution in [0.3, 0.4) is 0 Å². The maximum Gasteiger partial charge on any atom is 0.433 e. The average molecular weight is 388 g/mol. The van der Waals surface area contributed by atoms with Crippen molar-refractivity contribution in [3.05, 3.63) is 47.4 Å². The molecule has 0 bridgehead atoms. The first kappa shape index (κ1) is 17.5. The minimum Gasteiger partial charge on any atom is -0.384 e. The lowest BCUT2D eigenvalue weighted by atomic mass is 9.99. The van der Waals surface area contributed by atoms with Crippen molar-refractivity contribution in [2.45, 2.75) is 31.4 Å². The van der Waals surface area contributed by atoms with Crippen molar-refractivity contribution in [3.63, 3.8) is 0 Å². The number of pyridine rings is 1. The summed E-state index contributed by atoms with van der Waals surface area (Å²) in [7, 11) is 0. The zero-order valence-electron chi connectivity index (χ0n) is 15.1. The third-order valence-corrected chi connectivity index (χ3v) is 5.46. The second-order valence-electron chi connectivity index (χ2n) is 7.25. The van der Waals surface area contributed by atoms with Gasteiger partial charge in [-0.3, -0.25) is 4.57 Å². The van der Waals surface area contributed by atoms with Crippen LogP contribution in [0.5, 0.6) is 0 Å². The third kappa shape index (κ3) is 2.92. The molecule has 0 spiro atoms. The summed E-state index contributed by atoms with van der Waals surface area (Å²) in [4.78, 5) is 8.65. The van der Waals surface area contributed by atoms with Gasteiger partial charge in [0.2, 0.25) is 0 Å². The van der Waals surface area contributed by atoms with Crippen molar-refractivity contribution < 1.29 is 17.9 Å². The number of nitrogens with zero attached hydrogens (tertiary/aromatic N) is 3. The van der Waals surface area contributed by atoms with E-state index in [1.54, 1.807) is 4.57 Å². The number of hydrogen-bond donors (Lipinski definition) is 1. The molecule has 2 aliphatic rings. The number of aromatic nitrogens is 3. The zero-order chi connectivity index (χ0) is 19.3. The summed E-state index contributed by atoms with van der Waals surface area (Å²) < 4.78 is 47.1. The molecule has 2 aromatic heterocycles. The molecule has 0 saturated carbocycles. The summed E-state index contributed by atoms with van der Waals surface area (Å²) in [6.07, 6.45) is -2.02. The maximum atomic E-state index is 13.3. The average Bonchev–Trinajstić information content (AvgIpc) is 3.31. The van der Waals surface area contributed by atoms with E-state index in [0.717, 1.165) is 54.6 Å². The van der Waals surface area contributed by atoms with Crippen LogP contribution in [-0.2, 0) is 17.3 Å². The van der Waals surface area contributed by atoms with Crippen LogP contribution in [0.1, 0.15) is 35.8 Å². The SMILES string of the molecule is FC(F)(F)c1ccc2nc(C3CCOCC3)n(-c3ccc4c(c3)CCN4)c2n1. The number of alkyl halides is 3. The van der Waals surface area contributed by atoms with E-state index in [-0.39, 0.29) is 11.6 Å². The van der Waals surface area contributed by atoms with E-state index >= 15 is 0 Å². The number of nitrogens with one attached hydrogen (secondary N) is 1. The number of benzene rings is 1. The summed E-state index contributed by atoms with van der Waals surface area (Å²) in [6, 6.07) is 8.34. The van der Waals surface area contributed by atoms with Gasteiger partial charge in [0.1, 0.15) is 17.0 Å². The standard InChI is InChI=1S/C20H19F3N4O/c21-20(22,23)17-4-3-16-19(26-17)27(18(25-16)12-6-9-28-10-7-12)14-1-2-15-13(11-14)5-8-24-15/h1-4,11-12,24H,5-10H2. The Morgan fingerprint density at radius 3 is 2.68 bits per heavy atom. The number of rotatable bonds is 2. The van der Waals surface area contributed by atoms with Crippen molar-refractivity contribution in [2.24, 2.45) is 0 Å². The number of hydrogen-bond acceptors (Lipinski definition) is 4. The zero-order valence-corrected chi connectivity index (χ0v) is 15.1. The van der Waals surface area contributed by atoms with E-state index in [0.29, 0.717) is 18.7 Å². The summed E-state index contributed by atoms with van der Waals surface area (Å²) >= 11 is 0. The van der Waals surface area contributed by atoms with Crippen LogP contribution in [-0.4, -0.2) is 34.3 Å². The summed E-state index contributed by atoms with van der Waals surface area (Å²) in [5.74, 6) is 0.889. The van der Waals surface area contributed by atoms with Crippen LogP contribution >= 0.6 is 0 Å². The predicted octanol–water partition coefficient (Wildman–Crippen LogP) is 4.30. The second kappa shape index (κ2) is 6.48. The lowest BCUT2D eigenvalue weighted by Gasteiger charge is -2.22. The minimum atomic E-state index is -4.50. The van der Waals surface area contributed by atoms with Crippen molar-refractivity contribution in [1.82, 2.24) is 14.5 Å². The van der Waals surface area contributed by atoms with Crippen molar-refractivity contribution >= 4 is 16.9 Å². The Morgan fingerprint density at radius 1 is 1.07 bits per heavy atom.